The molecule has 1 saturated heterocycles. The molecule has 0 aromatic carbocycles. The smallest absolute Gasteiger partial charge is 0.475 e. The highest BCUT2D eigenvalue weighted by Gasteiger charge is 2.45. The molecule has 1 aromatic heterocycles. The van der Waals surface area contributed by atoms with Gasteiger partial charge in [-0.3, -0.25) is 0 Å². The van der Waals surface area contributed by atoms with Gasteiger partial charge in [0.2, 0.25) is 0 Å². The van der Waals surface area contributed by atoms with Crippen molar-refractivity contribution in [2.75, 3.05) is 32.8 Å². The zero-order valence-electron chi connectivity index (χ0n) is 13.6. The van der Waals surface area contributed by atoms with Crippen molar-refractivity contribution in [1.29, 1.82) is 0 Å². The molecule has 2 aliphatic rings. The number of likely N-dealkylation sites (tertiary alicyclic amines) is 1. The first kappa shape index (κ1) is 18.2. The number of pyridine rings is 1. The Morgan fingerprint density at radius 1 is 1.32 bits per heavy atom. The summed E-state index contributed by atoms with van der Waals surface area (Å²) in [6, 6.07) is 2.53. The molecule has 0 N–H and O–H groups in total. The van der Waals surface area contributed by atoms with Crippen LogP contribution in [0, 0.1) is 11.3 Å². The maximum Gasteiger partial charge on any atom is 0.573 e. The van der Waals surface area contributed by atoms with Crippen LogP contribution < -0.4 is 9.47 Å². The molecule has 0 amide bonds. The van der Waals surface area contributed by atoms with Crippen molar-refractivity contribution >= 4 is 0 Å². The highest BCUT2D eigenvalue weighted by Crippen LogP contribution is 2.47. The standard InChI is InChI=1S/C16H20F4N2O3/c17-16(18,19)25-13-2-1-6-21-14(13)23-9-12-3-7-22(8-12)10-15(4-5-15)11-24-20/h1-2,6,12H,3-5,7-11H2. The molecular formula is C16H20F4N2O3. The van der Waals surface area contributed by atoms with Crippen molar-refractivity contribution in [3.05, 3.63) is 18.3 Å². The number of hydrogen-bond acceptors (Lipinski definition) is 5. The second kappa shape index (κ2) is 7.33. The fourth-order valence-corrected chi connectivity index (χ4v) is 3.19. The van der Waals surface area contributed by atoms with Gasteiger partial charge in [0.05, 0.1) is 13.2 Å². The van der Waals surface area contributed by atoms with Crippen LogP contribution in [0.5, 0.6) is 11.6 Å². The minimum Gasteiger partial charge on any atom is -0.475 e. The molecule has 1 unspecified atom stereocenters. The van der Waals surface area contributed by atoms with E-state index in [1.165, 1.54) is 18.3 Å². The lowest BCUT2D eigenvalue weighted by molar-refractivity contribution is -0.275. The summed E-state index contributed by atoms with van der Waals surface area (Å²) in [7, 11) is 0. The van der Waals surface area contributed by atoms with Crippen LogP contribution in [0.2, 0.25) is 0 Å². The van der Waals surface area contributed by atoms with Gasteiger partial charge >= 0.3 is 6.36 Å². The molecule has 1 aromatic rings. The Morgan fingerprint density at radius 2 is 2.12 bits per heavy atom. The molecular weight excluding hydrogens is 344 g/mol. The SMILES string of the molecule is FOCC1(CN2CCC(COc3ncccc3OC(F)(F)F)C2)CC1. The van der Waals surface area contributed by atoms with Crippen LogP contribution in [0.1, 0.15) is 19.3 Å². The van der Waals surface area contributed by atoms with Crippen LogP contribution in [-0.4, -0.2) is 49.1 Å². The first-order valence-corrected chi connectivity index (χ1v) is 8.19. The summed E-state index contributed by atoms with van der Waals surface area (Å²) >= 11 is 0. The molecule has 25 heavy (non-hydrogen) atoms. The molecule has 2 heterocycles. The molecule has 5 nitrogen and oxygen atoms in total. The van der Waals surface area contributed by atoms with Gasteiger partial charge in [0, 0.05) is 30.6 Å². The Labute approximate surface area is 142 Å². The Bertz CT molecular complexity index is 581. The molecule has 0 spiro atoms. The molecule has 1 atom stereocenters. The molecule has 1 saturated carbocycles. The average molecular weight is 364 g/mol. The van der Waals surface area contributed by atoms with Crippen LogP contribution in [0.3, 0.4) is 0 Å². The maximum atomic E-state index is 12.4. The van der Waals surface area contributed by atoms with Crippen LogP contribution in [0.25, 0.3) is 0 Å². The van der Waals surface area contributed by atoms with E-state index in [4.69, 9.17) is 4.74 Å². The van der Waals surface area contributed by atoms with Gasteiger partial charge in [-0.15, -0.1) is 13.2 Å². The molecule has 0 radical (unpaired) electrons. The molecule has 9 heteroatoms. The normalized spacial score (nSPS) is 22.8. The zero-order valence-corrected chi connectivity index (χ0v) is 13.6. The van der Waals surface area contributed by atoms with Gasteiger partial charge in [-0.25, -0.2) is 4.98 Å². The monoisotopic (exact) mass is 364 g/mol. The van der Waals surface area contributed by atoms with E-state index in [0.717, 1.165) is 38.9 Å². The summed E-state index contributed by atoms with van der Waals surface area (Å²) < 4.78 is 58.7. The predicted octanol–water partition coefficient (Wildman–Crippen LogP) is 3.36. The van der Waals surface area contributed by atoms with Crippen molar-refractivity contribution < 1.29 is 32.1 Å². The molecule has 0 bridgehead atoms. The quantitative estimate of drug-likeness (QED) is 0.662. The van der Waals surface area contributed by atoms with E-state index < -0.39 is 12.1 Å². The highest BCUT2D eigenvalue weighted by molar-refractivity contribution is 5.32. The number of hydrogen-bond donors (Lipinski definition) is 0. The summed E-state index contributed by atoms with van der Waals surface area (Å²) in [5.74, 6) is -0.424. The fourth-order valence-electron chi connectivity index (χ4n) is 3.19. The van der Waals surface area contributed by atoms with Gasteiger partial charge in [0.25, 0.3) is 5.88 Å². The number of nitrogens with zero attached hydrogens (tertiary/aromatic N) is 2. The summed E-state index contributed by atoms with van der Waals surface area (Å²) in [5, 5.41) is 0. The van der Waals surface area contributed by atoms with E-state index in [1.54, 1.807) is 0 Å². The van der Waals surface area contributed by atoms with Gasteiger partial charge in [0.1, 0.15) is 0 Å². The molecule has 1 aliphatic carbocycles. The predicted molar refractivity (Wildman–Crippen MR) is 79.7 cm³/mol. The number of halogens is 4. The van der Waals surface area contributed by atoms with Gasteiger partial charge in [0.15, 0.2) is 5.75 Å². The fraction of sp³-hybridized carbons (Fsp3) is 0.688. The highest BCUT2D eigenvalue weighted by atomic mass is 19.4. The van der Waals surface area contributed by atoms with E-state index in [2.05, 4.69) is 19.6 Å². The zero-order chi connectivity index (χ0) is 17.9. The van der Waals surface area contributed by atoms with Crippen molar-refractivity contribution in [3.8, 4) is 11.6 Å². The second-order valence-corrected chi connectivity index (χ2v) is 6.81. The first-order chi connectivity index (χ1) is 11.9. The summed E-state index contributed by atoms with van der Waals surface area (Å²) in [5.41, 5.74) is -0.0702. The minimum atomic E-state index is -4.79. The van der Waals surface area contributed by atoms with Crippen LogP contribution in [0.15, 0.2) is 18.3 Å². The first-order valence-electron chi connectivity index (χ1n) is 8.19. The summed E-state index contributed by atoms with van der Waals surface area (Å²) in [6.07, 6.45) is -0.647. The van der Waals surface area contributed by atoms with E-state index in [1.807, 2.05) is 0 Å². The van der Waals surface area contributed by atoms with Gasteiger partial charge < -0.3 is 14.4 Å². The molecule has 1 aliphatic heterocycles. The van der Waals surface area contributed by atoms with Gasteiger partial charge in [-0.05, 0) is 42.5 Å². The Balaban J connectivity index is 1.48. The Kier molecular flexibility index (Phi) is 5.33. The largest absolute Gasteiger partial charge is 0.573 e. The minimum absolute atomic E-state index is 0.0702. The van der Waals surface area contributed by atoms with Crippen molar-refractivity contribution in [3.63, 3.8) is 0 Å². The lowest BCUT2D eigenvalue weighted by Crippen LogP contribution is -2.31. The lowest BCUT2D eigenvalue weighted by atomic mass is 10.1. The van der Waals surface area contributed by atoms with Crippen LogP contribution >= 0.6 is 0 Å². The summed E-state index contributed by atoms with van der Waals surface area (Å²) in [6.45, 7) is 2.77. The van der Waals surface area contributed by atoms with Crippen LogP contribution in [-0.2, 0) is 4.94 Å². The van der Waals surface area contributed by atoms with E-state index in [-0.39, 0.29) is 30.4 Å². The molecule has 2 fully saturated rings. The number of rotatable bonds is 8. The van der Waals surface area contributed by atoms with Gasteiger partial charge in [-0.2, -0.15) is 4.94 Å². The lowest BCUT2D eigenvalue weighted by Gasteiger charge is -2.22. The van der Waals surface area contributed by atoms with E-state index >= 15 is 0 Å². The van der Waals surface area contributed by atoms with Crippen LogP contribution in [0.4, 0.5) is 17.7 Å². The average Bonchev–Trinajstić information content (AvgIpc) is 3.14. The molecule has 140 valence electrons. The second-order valence-electron chi connectivity index (χ2n) is 6.81. The summed E-state index contributed by atoms with van der Waals surface area (Å²) in [4.78, 5) is 9.84. The van der Waals surface area contributed by atoms with Crippen molar-refractivity contribution in [2.24, 2.45) is 11.3 Å². The van der Waals surface area contributed by atoms with Crippen molar-refractivity contribution in [2.45, 2.75) is 25.6 Å². The number of ether oxygens (including phenoxy) is 2. The third-order valence-electron chi connectivity index (χ3n) is 4.66. The number of alkyl halides is 3. The van der Waals surface area contributed by atoms with E-state index in [9.17, 15) is 17.7 Å². The molecule has 3 rings (SSSR count). The third kappa shape index (κ3) is 5.18. The Hall–Kier alpha value is -1.61. The van der Waals surface area contributed by atoms with Crippen molar-refractivity contribution in [1.82, 2.24) is 9.88 Å². The van der Waals surface area contributed by atoms with E-state index in [0.29, 0.717) is 0 Å². The maximum absolute atomic E-state index is 12.4. The van der Waals surface area contributed by atoms with Gasteiger partial charge in [-0.1, -0.05) is 0 Å². The number of aromatic nitrogens is 1. The third-order valence-corrected chi connectivity index (χ3v) is 4.66. The topological polar surface area (TPSA) is 43.8 Å². The Morgan fingerprint density at radius 3 is 2.80 bits per heavy atom.